The number of hydrogen-bond acceptors (Lipinski definition) is 2. The van der Waals surface area contributed by atoms with Gasteiger partial charge in [-0.05, 0) is 50.2 Å². The van der Waals surface area contributed by atoms with Crippen molar-refractivity contribution < 1.29 is 4.74 Å². The Balaban J connectivity index is 2.93. The third kappa shape index (κ3) is 3.90. The summed E-state index contributed by atoms with van der Waals surface area (Å²) < 4.78 is 5.27. The SMILES string of the molecule is C/C=C(\c1cccc(OC)c1)[C@H](C)CN(C)C. The van der Waals surface area contributed by atoms with Crippen molar-refractivity contribution in [1.29, 1.82) is 0 Å². The lowest BCUT2D eigenvalue weighted by molar-refractivity contribution is 0.375. The lowest BCUT2D eigenvalue weighted by Gasteiger charge is -2.20. The molecule has 0 aromatic heterocycles. The first kappa shape index (κ1) is 13.8. The highest BCUT2D eigenvalue weighted by atomic mass is 16.5. The highest BCUT2D eigenvalue weighted by Crippen LogP contribution is 2.26. The van der Waals surface area contributed by atoms with Crippen LogP contribution in [0.5, 0.6) is 5.75 Å². The molecule has 0 aliphatic rings. The summed E-state index contributed by atoms with van der Waals surface area (Å²) in [5.41, 5.74) is 2.62. The Hall–Kier alpha value is -1.28. The van der Waals surface area contributed by atoms with Crippen molar-refractivity contribution in [3.63, 3.8) is 0 Å². The fourth-order valence-corrected chi connectivity index (χ4v) is 2.18. The molecule has 0 unspecified atom stereocenters. The molecule has 1 aromatic carbocycles. The van der Waals surface area contributed by atoms with Gasteiger partial charge < -0.3 is 9.64 Å². The van der Waals surface area contributed by atoms with Gasteiger partial charge in [-0.3, -0.25) is 0 Å². The minimum atomic E-state index is 0.516. The van der Waals surface area contributed by atoms with Crippen molar-refractivity contribution in [3.05, 3.63) is 35.9 Å². The van der Waals surface area contributed by atoms with Gasteiger partial charge >= 0.3 is 0 Å². The lowest BCUT2D eigenvalue weighted by Crippen LogP contribution is -2.20. The van der Waals surface area contributed by atoms with Crippen LogP contribution >= 0.6 is 0 Å². The maximum Gasteiger partial charge on any atom is 0.119 e. The van der Waals surface area contributed by atoms with Gasteiger partial charge in [0.05, 0.1) is 7.11 Å². The number of benzene rings is 1. The van der Waals surface area contributed by atoms with Crippen molar-refractivity contribution in [1.82, 2.24) is 4.90 Å². The fraction of sp³-hybridized carbons (Fsp3) is 0.467. The first-order chi connectivity index (χ1) is 8.08. The fourth-order valence-electron chi connectivity index (χ4n) is 2.18. The molecule has 17 heavy (non-hydrogen) atoms. The zero-order valence-electron chi connectivity index (χ0n) is 11.5. The highest BCUT2D eigenvalue weighted by molar-refractivity contribution is 5.68. The number of rotatable bonds is 5. The third-order valence-electron chi connectivity index (χ3n) is 2.88. The Labute approximate surface area is 105 Å². The molecular weight excluding hydrogens is 210 g/mol. The van der Waals surface area contributed by atoms with Crippen molar-refractivity contribution in [2.45, 2.75) is 13.8 Å². The minimum Gasteiger partial charge on any atom is -0.497 e. The summed E-state index contributed by atoms with van der Waals surface area (Å²) in [6.45, 7) is 5.41. The van der Waals surface area contributed by atoms with Crippen LogP contribution in [0, 0.1) is 5.92 Å². The Bertz CT molecular complexity index is 382. The first-order valence-corrected chi connectivity index (χ1v) is 6.03. The summed E-state index contributed by atoms with van der Waals surface area (Å²) >= 11 is 0. The molecule has 94 valence electrons. The molecule has 0 bridgehead atoms. The maximum atomic E-state index is 5.27. The second-order valence-corrected chi connectivity index (χ2v) is 4.64. The van der Waals surface area contributed by atoms with E-state index in [1.807, 2.05) is 12.1 Å². The van der Waals surface area contributed by atoms with Gasteiger partial charge in [0.1, 0.15) is 5.75 Å². The van der Waals surface area contributed by atoms with Crippen molar-refractivity contribution >= 4 is 5.57 Å². The quantitative estimate of drug-likeness (QED) is 0.773. The number of methoxy groups -OCH3 is 1. The van der Waals surface area contributed by atoms with Gasteiger partial charge in [0.2, 0.25) is 0 Å². The average Bonchev–Trinajstić information content (AvgIpc) is 2.29. The average molecular weight is 233 g/mol. The third-order valence-corrected chi connectivity index (χ3v) is 2.88. The van der Waals surface area contributed by atoms with Crippen LogP contribution in [0.1, 0.15) is 19.4 Å². The predicted octanol–water partition coefficient (Wildman–Crippen LogP) is 3.30. The van der Waals surface area contributed by atoms with Crippen molar-refractivity contribution in [3.8, 4) is 5.75 Å². The van der Waals surface area contributed by atoms with Crippen molar-refractivity contribution in [2.24, 2.45) is 5.92 Å². The van der Waals surface area contributed by atoms with Gasteiger partial charge in [-0.25, -0.2) is 0 Å². The molecule has 0 radical (unpaired) electrons. The largest absolute Gasteiger partial charge is 0.497 e. The zero-order valence-corrected chi connectivity index (χ0v) is 11.5. The Morgan fingerprint density at radius 2 is 2.12 bits per heavy atom. The molecule has 0 saturated heterocycles. The molecule has 1 aromatic rings. The standard InChI is InChI=1S/C15H23NO/c1-6-15(12(2)11-16(3)4)13-8-7-9-14(10-13)17-5/h6-10,12H,11H2,1-5H3/b15-6-/t12-/m1/s1. The van der Waals surface area contributed by atoms with Crippen LogP contribution in [0.15, 0.2) is 30.3 Å². The molecule has 0 N–H and O–H groups in total. The molecule has 0 amide bonds. The predicted molar refractivity (Wildman–Crippen MR) is 74.4 cm³/mol. The van der Waals surface area contributed by atoms with Crippen LogP contribution < -0.4 is 4.74 Å². The lowest BCUT2D eigenvalue weighted by atomic mass is 9.93. The van der Waals surface area contributed by atoms with Crippen LogP contribution in [-0.4, -0.2) is 32.6 Å². The molecular formula is C15H23NO. The zero-order chi connectivity index (χ0) is 12.8. The highest BCUT2D eigenvalue weighted by Gasteiger charge is 2.11. The van der Waals surface area contributed by atoms with E-state index in [0.29, 0.717) is 5.92 Å². The van der Waals surface area contributed by atoms with Gasteiger partial charge in [-0.2, -0.15) is 0 Å². The monoisotopic (exact) mass is 233 g/mol. The van der Waals surface area contributed by atoms with E-state index in [1.165, 1.54) is 11.1 Å². The van der Waals surface area contributed by atoms with E-state index in [2.05, 4.69) is 51.1 Å². The number of nitrogens with zero attached hydrogens (tertiary/aromatic N) is 1. The number of allylic oxidation sites excluding steroid dienone is 1. The van der Waals surface area contributed by atoms with Crippen LogP contribution in [-0.2, 0) is 0 Å². The maximum absolute atomic E-state index is 5.27. The van der Waals surface area contributed by atoms with E-state index < -0.39 is 0 Å². The van der Waals surface area contributed by atoms with Gasteiger partial charge in [0.25, 0.3) is 0 Å². The van der Waals surface area contributed by atoms with Crippen LogP contribution in [0.3, 0.4) is 0 Å². The molecule has 2 heteroatoms. The molecule has 0 aliphatic heterocycles. The second-order valence-electron chi connectivity index (χ2n) is 4.64. The van der Waals surface area contributed by atoms with E-state index in [9.17, 15) is 0 Å². The molecule has 0 saturated carbocycles. The van der Waals surface area contributed by atoms with Crippen LogP contribution in [0.25, 0.3) is 5.57 Å². The van der Waals surface area contributed by atoms with E-state index in [4.69, 9.17) is 4.74 Å². The molecule has 1 atom stereocenters. The van der Waals surface area contributed by atoms with Gasteiger partial charge in [-0.15, -0.1) is 0 Å². The number of hydrogen-bond donors (Lipinski definition) is 0. The Kier molecular flexibility index (Phi) is 5.23. The molecule has 0 aliphatic carbocycles. The van der Waals surface area contributed by atoms with Crippen molar-refractivity contribution in [2.75, 3.05) is 27.7 Å². The molecule has 0 spiro atoms. The summed E-state index contributed by atoms with van der Waals surface area (Å²) in [6.07, 6.45) is 2.20. The van der Waals surface area contributed by atoms with E-state index in [-0.39, 0.29) is 0 Å². The van der Waals surface area contributed by atoms with Crippen LogP contribution in [0.2, 0.25) is 0 Å². The van der Waals surface area contributed by atoms with Gasteiger partial charge in [0.15, 0.2) is 0 Å². The second kappa shape index (κ2) is 6.45. The van der Waals surface area contributed by atoms with E-state index in [1.54, 1.807) is 7.11 Å². The molecule has 1 rings (SSSR count). The van der Waals surface area contributed by atoms with E-state index >= 15 is 0 Å². The summed E-state index contributed by atoms with van der Waals surface area (Å²) in [6, 6.07) is 8.26. The minimum absolute atomic E-state index is 0.516. The summed E-state index contributed by atoms with van der Waals surface area (Å²) in [4.78, 5) is 2.22. The molecule has 0 fully saturated rings. The topological polar surface area (TPSA) is 12.5 Å². The Morgan fingerprint density at radius 3 is 2.65 bits per heavy atom. The summed E-state index contributed by atoms with van der Waals surface area (Å²) in [5, 5.41) is 0. The summed E-state index contributed by atoms with van der Waals surface area (Å²) in [5.74, 6) is 1.43. The summed E-state index contributed by atoms with van der Waals surface area (Å²) in [7, 11) is 5.92. The Morgan fingerprint density at radius 1 is 1.41 bits per heavy atom. The first-order valence-electron chi connectivity index (χ1n) is 6.03. The number of ether oxygens (including phenoxy) is 1. The molecule has 0 heterocycles. The van der Waals surface area contributed by atoms with Gasteiger partial charge in [0, 0.05) is 6.54 Å². The smallest absolute Gasteiger partial charge is 0.119 e. The van der Waals surface area contributed by atoms with Gasteiger partial charge in [-0.1, -0.05) is 25.1 Å². The normalized spacial score (nSPS) is 13.9. The van der Waals surface area contributed by atoms with E-state index in [0.717, 1.165) is 12.3 Å². The van der Waals surface area contributed by atoms with Crippen LogP contribution in [0.4, 0.5) is 0 Å². The molecule has 2 nitrogen and oxygen atoms in total.